The lowest BCUT2D eigenvalue weighted by molar-refractivity contribution is 0.0530. The van der Waals surface area contributed by atoms with Crippen LogP contribution in [0, 0.1) is 0 Å². The lowest BCUT2D eigenvalue weighted by Crippen LogP contribution is -2.07. The molecule has 16 heavy (non-hydrogen) atoms. The van der Waals surface area contributed by atoms with E-state index in [4.69, 9.17) is 4.74 Å². The highest BCUT2D eigenvalue weighted by molar-refractivity contribution is 7.98. The normalized spacial score (nSPS) is 10.1. The molecular formula is C12H16O2S2. The predicted molar refractivity (Wildman–Crippen MR) is 72.3 cm³/mol. The number of rotatable bonds is 6. The summed E-state index contributed by atoms with van der Waals surface area (Å²) in [5, 5.41) is 0. The highest BCUT2D eigenvalue weighted by Gasteiger charge is 2.05. The van der Waals surface area contributed by atoms with Crippen LogP contribution in [0.25, 0.3) is 0 Å². The Labute approximate surface area is 105 Å². The van der Waals surface area contributed by atoms with Crippen LogP contribution >= 0.6 is 23.5 Å². The molecule has 0 aromatic heterocycles. The van der Waals surface area contributed by atoms with Gasteiger partial charge < -0.3 is 4.74 Å². The maximum Gasteiger partial charge on any atom is 0.338 e. The third-order valence-corrected chi connectivity index (χ3v) is 3.22. The fourth-order valence-corrected chi connectivity index (χ4v) is 1.98. The second-order valence-corrected chi connectivity index (χ2v) is 5.11. The van der Waals surface area contributed by atoms with Gasteiger partial charge in [0.1, 0.15) is 6.61 Å². The molecular weight excluding hydrogens is 240 g/mol. The van der Waals surface area contributed by atoms with Crippen LogP contribution in [0.4, 0.5) is 0 Å². The van der Waals surface area contributed by atoms with Crippen LogP contribution in [0.3, 0.4) is 0 Å². The predicted octanol–water partition coefficient (Wildman–Crippen LogP) is 3.07. The molecule has 1 aromatic rings. The molecule has 1 rings (SSSR count). The van der Waals surface area contributed by atoms with E-state index in [1.165, 1.54) is 5.56 Å². The van der Waals surface area contributed by atoms with Crippen LogP contribution in [0.1, 0.15) is 15.9 Å². The molecule has 0 amide bonds. The molecule has 0 saturated heterocycles. The van der Waals surface area contributed by atoms with Gasteiger partial charge in [0.15, 0.2) is 0 Å². The number of hydrogen-bond donors (Lipinski definition) is 0. The second kappa shape index (κ2) is 7.63. The fraction of sp³-hybridized carbons (Fsp3) is 0.417. The molecule has 0 saturated carbocycles. The number of ether oxygens (including phenoxy) is 1. The van der Waals surface area contributed by atoms with Gasteiger partial charge in [-0.05, 0) is 30.2 Å². The molecule has 0 atom stereocenters. The molecule has 0 aliphatic rings. The number of thioether (sulfide) groups is 2. The Morgan fingerprint density at radius 2 is 1.88 bits per heavy atom. The van der Waals surface area contributed by atoms with Crippen molar-refractivity contribution in [3.8, 4) is 0 Å². The van der Waals surface area contributed by atoms with Gasteiger partial charge >= 0.3 is 5.97 Å². The summed E-state index contributed by atoms with van der Waals surface area (Å²) in [5.41, 5.74) is 1.86. The van der Waals surface area contributed by atoms with Gasteiger partial charge in [-0.1, -0.05) is 12.1 Å². The molecule has 4 heteroatoms. The average molecular weight is 256 g/mol. The Kier molecular flexibility index (Phi) is 6.42. The maximum atomic E-state index is 11.6. The molecule has 0 heterocycles. The van der Waals surface area contributed by atoms with E-state index in [2.05, 4.69) is 6.26 Å². The highest BCUT2D eigenvalue weighted by atomic mass is 32.2. The van der Waals surface area contributed by atoms with Crippen LogP contribution in [-0.2, 0) is 10.5 Å². The minimum absolute atomic E-state index is 0.232. The van der Waals surface area contributed by atoms with Gasteiger partial charge in [0.05, 0.1) is 5.56 Å². The van der Waals surface area contributed by atoms with Crippen LogP contribution in [0.2, 0.25) is 0 Å². The first-order chi connectivity index (χ1) is 7.77. The van der Waals surface area contributed by atoms with Gasteiger partial charge in [-0.2, -0.15) is 23.5 Å². The minimum atomic E-state index is -0.232. The number of hydrogen-bond acceptors (Lipinski definition) is 4. The molecule has 0 bridgehead atoms. The Balaban J connectivity index is 2.49. The third kappa shape index (κ3) is 4.49. The monoisotopic (exact) mass is 256 g/mol. The number of carbonyl (C=O) groups excluding carboxylic acids is 1. The minimum Gasteiger partial charge on any atom is -0.461 e. The molecule has 0 unspecified atom stereocenters. The molecule has 0 aliphatic heterocycles. The maximum absolute atomic E-state index is 11.6. The van der Waals surface area contributed by atoms with Gasteiger partial charge in [-0.15, -0.1) is 0 Å². The zero-order valence-corrected chi connectivity index (χ0v) is 11.2. The van der Waals surface area contributed by atoms with Crippen molar-refractivity contribution in [2.75, 3.05) is 24.9 Å². The summed E-state index contributed by atoms with van der Waals surface area (Å²) in [6, 6.07) is 7.60. The first kappa shape index (κ1) is 13.5. The van der Waals surface area contributed by atoms with Crippen molar-refractivity contribution in [2.24, 2.45) is 0 Å². The Morgan fingerprint density at radius 3 is 2.44 bits per heavy atom. The Bertz CT molecular complexity index is 322. The van der Waals surface area contributed by atoms with Gasteiger partial charge in [0.2, 0.25) is 0 Å². The van der Waals surface area contributed by atoms with E-state index >= 15 is 0 Å². The summed E-state index contributed by atoms with van der Waals surface area (Å²) in [6.45, 7) is 0.479. The Hall–Kier alpha value is -0.610. The molecule has 0 N–H and O–H groups in total. The summed E-state index contributed by atoms with van der Waals surface area (Å²) >= 11 is 3.43. The van der Waals surface area contributed by atoms with Crippen molar-refractivity contribution >= 4 is 29.5 Å². The first-order valence-corrected chi connectivity index (χ1v) is 7.80. The van der Waals surface area contributed by atoms with E-state index in [1.54, 1.807) is 23.5 Å². The molecule has 0 aliphatic carbocycles. The largest absolute Gasteiger partial charge is 0.461 e. The van der Waals surface area contributed by atoms with Gasteiger partial charge in [0, 0.05) is 11.5 Å². The summed E-state index contributed by atoms with van der Waals surface area (Å²) in [6.07, 6.45) is 4.05. The standard InChI is InChI=1S/C12H16O2S2/c1-15-8-7-14-12(13)11-5-3-10(4-6-11)9-16-2/h3-6H,7-9H2,1-2H3. The van der Waals surface area contributed by atoms with Gasteiger partial charge in [-0.25, -0.2) is 4.79 Å². The highest BCUT2D eigenvalue weighted by Crippen LogP contribution is 2.11. The zero-order valence-electron chi connectivity index (χ0n) is 9.56. The van der Waals surface area contributed by atoms with Crippen LogP contribution in [-0.4, -0.2) is 30.8 Å². The van der Waals surface area contributed by atoms with Crippen LogP contribution in [0.5, 0.6) is 0 Å². The van der Waals surface area contributed by atoms with Crippen LogP contribution < -0.4 is 0 Å². The summed E-state index contributed by atoms with van der Waals surface area (Å²) in [5.74, 6) is 1.59. The SMILES string of the molecule is CSCCOC(=O)c1ccc(CSC)cc1. The lowest BCUT2D eigenvalue weighted by Gasteiger charge is -2.04. The fourth-order valence-electron chi connectivity index (χ4n) is 1.20. The molecule has 1 aromatic carbocycles. The molecule has 0 fully saturated rings. The lowest BCUT2D eigenvalue weighted by atomic mass is 10.1. The molecule has 0 spiro atoms. The Morgan fingerprint density at radius 1 is 1.19 bits per heavy atom. The van der Waals surface area contributed by atoms with Crippen molar-refractivity contribution in [1.82, 2.24) is 0 Å². The smallest absolute Gasteiger partial charge is 0.338 e. The average Bonchev–Trinajstić information content (AvgIpc) is 2.30. The topological polar surface area (TPSA) is 26.3 Å². The number of benzene rings is 1. The van der Waals surface area contributed by atoms with Crippen molar-refractivity contribution in [2.45, 2.75) is 5.75 Å². The van der Waals surface area contributed by atoms with E-state index < -0.39 is 0 Å². The second-order valence-electron chi connectivity index (χ2n) is 3.26. The molecule has 2 nitrogen and oxygen atoms in total. The quantitative estimate of drug-likeness (QED) is 0.577. The van der Waals surface area contributed by atoms with E-state index in [9.17, 15) is 4.79 Å². The van der Waals surface area contributed by atoms with E-state index in [0.717, 1.165) is 11.5 Å². The van der Waals surface area contributed by atoms with Crippen molar-refractivity contribution in [3.05, 3.63) is 35.4 Å². The number of esters is 1. The van der Waals surface area contributed by atoms with Crippen molar-refractivity contribution in [3.63, 3.8) is 0 Å². The first-order valence-electron chi connectivity index (χ1n) is 5.02. The zero-order chi connectivity index (χ0) is 11.8. The number of carbonyl (C=O) groups is 1. The van der Waals surface area contributed by atoms with E-state index in [0.29, 0.717) is 12.2 Å². The molecule has 88 valence electrons. The third-order valence-electron chi connectivity index (χ3n) is 2.02. The summed E-state index contributed by atoms with van der Waals surface area (Å²) < 4.78 is 5.10. The van der Waals surface area contributed by atoms with Crippen molar-refractivity contribution < 1.29 is 9.53 Å². The van der Waals surface area contributed by atoms with Crippen LogP contribution in [0.15, 0.2) is 24.3 Å². The van der Waals surface area contributed by atoms with Gasteiger partial charge in [-0.3, -0.25) is 0 Å². The summed E-state index contributed by atoms with van der Waals surface area (Å²) in [4.78, 5) is 11.6. The van der Waals surface area contributed by atoms with E-state index in [1.807, 2.05) is 30.5 Å². The van der Waals surface area contributed by atoms with Gasteiger partial charge in [0.25, 0.3) is 0 Å². The molecule has 0 radical (unpaired) electrons. The van der Waals surface area contributed by atoms with Crippen molar-refractivity contribution in [1.29, 1.82) is 0 Å². The summed E-state index contributed by atoms with van der Waals surface area (Å²) in [7, 11) is 0. The van der Waals surface area contributed by atoms with E-state index in [-0.39, 0.29) is 5.97 Å².